The maximum absolute atomic E-state index is 13.5. The molecule has 1 fully saturated rings. The zero-order chi connectivity index (χ0) is 31.8. The fourth-order valence-electron chi connectivity index (χ4n) is 4.35. The van der Waals surface area contributed by atoms with E-state index in [1.165, 1.54) is 25.3 Å². The third-order valence-corrected chi connectivity index (χ3v) is 6.70. The van der Waals surface area contributed by atoms with E-state index in [0.29, 0.717) is 47.5 Å². The van der Waals surface area contributed by atoms with Crippen LogP contribution in [-0.4, -0.2) is 50.7 Å². The molecule has 1 heterocycles. The Kier molecular flexibility index (Phi) is 10.2. The second-order valence-electron chi connectivity index (χ2n) is 9.92. The molecular weight excluding hydrogens is 566 g/mol. The molecule has 0 spiro atoms. The number of benzene rings is 3. The van der Waals surface area contributed by atoms with Crippen LogP contribution in [0.15, 0.2) is 60.2 Å². The van der Waals surface area contributed by atoms with Crippen molar-refractivity contribution in [2.75, 3.05) is 37.1 Å². The molecule has 4 rings (SSSR count). The Morgan fingerprint density at radius 3 is 2.32 bits per heavy atom. The summed E-state index contributed by atoms with van der Waals surface area (Å²) in [5.74, 6) is -0.598. The molecule has 0 unspecified atom stereocenters. The molecule has 0 aliphatic carbocycles. The highest BCUT2D eigenvalue weighted by Crippen LogP contribution is 2.34. The molecule has 11 nitrogen and oxygen atoms in total. The number of hydrogen-bond acceptors (Lipinski definition) is 8. The number of hydrogen-bond donors (Lipinski definition) is 2. The van der Waals surface area contributed by atoms with Crippen LogP contribution in [-0.2, 0) is 14.4 Å². The number of aryl methyl sites for hydroxylation is 2. The Balaban J connectivity index is 1.54. The molecule has 1 aliphatic heterocycles. The van der Waals surface area contributed by atoms with Gasteiger partial charge in [0.15, 0.2) is 29.6 Å². The number of ether oxygens (including phenoxy) is 4. The first kappa shape index (κ1) is 31.6. The lowest BCUT2D eigenvalue weighted by molar-refractivity contribution is -0.122. The number of amides is 5. The van der Waals surface area contributed by atoms with Gasteiger partial charge in [0, 0.05) is 11.8 Å². The van der Waals surface area contributed by atoms with E-state index in [0.717, 1.165) is 22.4 Å². The summed E-state index contributed by atoms with van der Waals surface area (Å²) in [6.45, 7) is 8.21. The van der Waals surface area contributed by atoms with Crippen molar-refractivity contribution < 1.29 is 38.1 Å². The van der Waals surface area contributed by atoms with Crippen molar-refractivity contribution >= 4 is 41.2 Å². The number of methoxy groups -OCH3 is 1. The second kappa shape index (κ2) is 14.2. The van der Waals surface area contributed by atoms with E-state index in [4.69, 9.17) is 18.9 Å². The third-order valence-electron chi connectivity index (χ3n) is 6.70. The van der Waals surface area contributed by atoms with E-state index in [2.05, 4.69) is 10.6 Å². The van der Waals surface area contributed by atoms with Crippen molar-refractivity contribution in [3.05, 3.63) is 76.9 Å². The normalized spacial score (nSPS) is 13.9. The quantitative estimate of drug-likeness (QED) is 0.214. The minimum atomic E-state index is -0.890. The van der Waals surface area contributed by atoms with Gasteiger partial charge >= 0.3 is 6.03 Å². The minimum absolute atomic E-state index is 0.199. The van der Waals surface area contributed by atoms with E-state index >= 15 is 0 Å². The highest BCUT2D eigenvalue weighted by molar-refractivity contribution is 6.39. The number of carbonyl (C=O) groups excluding carboxylic acids is 4. The second-order valence-corrected chi connectivity index (χ2v) is 9.92. The summed E-state index contributed by atoms with van der Waals surface area (Å²) >= 11 is 0. The molecule has 44 heavy (non-hydrogen) atoms. The molecule has 230 valence electrons. The summed E-state index contributed by atoms with van der Waals surface area (Å²) in [4.78, 5) is 52.3. The zero-order valence-electron chi connectivity index (χ0n) is 25.3. The van der Waals surface area contributed by atoms with Crippen LogP contribution in [0.25, 0.3) is 6.08 Å². The number of nitrogens with zero attached hydrogens (tertiary/aromatic N) is 1. The van der Waals surface area contributed by atoms with Crippen molar-refractivity contribution in [2.24, 2.45) is 0 Å². The van der Waals surface area contributed by atoms with Gasteiger partial charge < -0.3 is 24.3 Å². The maximum Gasteiger partial charge on any atom is 0.335 e. The van der Waals surface area contributed by atoms with Gasteiger partial charge in [0.1, 0.15) is 5.57 Å². The van der Waals surface area contributed by atoms with Crippen molar-refractivity contribution in [3.63, 3.8) is 0 Å². The number of barbiturate groups is 1. The van der Waals surface area contributed by atoms with Crippen molar-refractivity contribution in [3.8, 4) is 23.0 Å². The molecule has 1 aliphatic rings. The molecule has 3 aromatic carbocycles. The SMILES string of the molecule is CCCOc1ccc(N2C(=O)NC(=O)/C(=C/c3ccc(OCC(=O)Nc4ccc(C)c(C)c4)c(OCC)c3)C2=O)cc1OC. The predicted octanol–water partition coefficient (Wildman–Crippen LogP) is 5.18. The first-order valence-corrected chi connectivity index (χ1v) is 14.1. The molecule has 0 atom stereocenters. The molecule has 11 heteroatoms. The van der Waals surface area contributed by atoms with Crippen LogP contribution in [0.2, 0.25) is 0 Å². The summed E-state index contributed by atoms with van der Waals surface area (Å²) in [6, 6.07) is 14.1. The topological polar surface area (TPSA) is 132 Å². The Labute approximate surface area is 255 Å². The number of rotatable bonds is 12. The van der Waals surface area contributed by atoms with Gasteiger partial charge in [0.05, 0.1) is 26.0 Å². The lowest BCUT2D eigenvalue weighted by Gasteiger charge is -2.27. The maximum atomic E-state index is 13.5. The monoisotopic (exact) mass is 601 g/mol. The predicted molar refractivity (Wildman–Crippen MR) is 165 cm³/mol. The summed E-state index contributed by atoms with van der Waals surface area (Å²) in [6.07, 6.45) is 2.14. The third kappa shape index (κ3) is 7.35. The lowest BCUT2D eigenvalue weighted by Crippen LogP contribution is -2.54. The van der Waals surface area contributed by atoms with E-state index in [9.17, 15) is 19.2 Å². The molecule has 2 N–H and O–H groups in total. The molecule has 0 aromatic heterocycles. The van der Waals surface area contributed by atoms with E-state index in [-0.39, 0.29) is 23.8 Å². The fourth-order valence-corrected chi connectivity index (χ4v) is 4.35. The molecule has 0 saturated carbocycles. The van der Waals surface area contributed by atoms with Crippen LogP contribution in [0.3, 0.4) is 0 Å². The van der Waals surface area contributed by atoms with Crippen LogP contribution in [0.1, 0.15) is 37.0 Å². The largest absolute Gasteiger partial charge is 0.493 e. The van der Waals surface area contributed by atoms with Crippen molar-refractivity contribution in [1.82, 2.24) is 5.32 Å². The molecule has 3 aromatic rings. The molecule has 0 bridgehead atoms. The molecule has 0 radical (unpaired) electrons. The van der Waals surface area contributed by atoms with Crippen LogP contribution >= 0.6 is 0 Å². The smallest absolute Gasteiger partial charge is 0.335 e. The Bertz CT molecular complexity index is 1610. The van der Waals surface area contributed by atoms with Gasteiger partial charge in [0.2, 0.25) is 0 Å². The van der Waals surface area contributed by atoms with Crippen molar-refractivity contribution in [2.45, 2.75) is 34.1 Å². The zero-order valence-corrected chi connectivity index (χ0v) is 25.3. The van der Waals surface area contributed by atoms with Crippen LogP contribution < -0.4 is 34.5 Å². The first-order valence-electron chi connectivity index (χ1n) is 14.1. The standard InChI is InChI=1S/C33H35N3O8/c1-6-14-43-26-13-11-24(18-28(26)41-5)36-32(39)25(31(38)35-33(36)40)16-22-9-12-27(29(17-22)42-7-2)44-19-30(37)34-23-10-8-20(3)21(4)15-23/h8-13,15-18H,6-7,14,19H2,1-5H3,(H,34,37)(H,35,38,40)/b25-16-. The number of anilines is 2. The van der Waals surface area contributed by atoms with Crippen LogP contribution in [0.4, 0.5) is 16.2 Å². The molecule has 1 saturated heterocycles. The van der Waals surface area contributed by atoms with Gasteiger partial charge in [-0.15, -0.1) is 0 Å². The Hall–Kier alpha value is -5.32. The van der Waals surface area contributed by atoms with Crippen molar-refractivity contribution in [1.29, 1.82) is 0 Å². The van der Waals surface area contributed by atoms with E-state index in [1.807, 2.05) is 39.0 Å². The average molecular weight is 602 g/mol. The van der Waals surface area contributed by atoms with Gasteiger partial charge in [0.25, 0.3) is 17.7 Å². The van der Waals surface area contributed by atoms with Gasteiger partial charge in [-0.2, -0.15) is 0 Å². The number of imide groups is 2. The highest BCUT2D eigenvalue weighted by Gasteiger charge is 2.37. The highest BCUT2D eigenvalue weighted by atomic mass is 16.5. The Morgan fingerprint density at radius 1 is 0.864 bits per heavy atom. The lowest BCUT2D eigenvalue weighted by atomic mass is 10.1. The number of carbonyl (C=O) groups is 4. The fraction of sp³-hybridized carbons (Fsp3) is 0.273. The molecule has 5 amide bonds. The first-order chi connectivity index (χ1) is 21.1. The number of urea groups is 1. The summed E-state index contributed by atoms with van der Waals surface area (Å²) in [5.41, 5.74) is 3.21. The van der Waals surface area contributed by atoms with E-state index in [1.54, 1.807) is 31.2 Å². The summed E-state index contributed by atoms with van der Waals surface area (Å²) in [7, 11) is 1.45. The van der Waals surface area contributed by atoms with Gasteiger partial charge in [-0.1, -0.05) is 19.1 Å². The minimum Gasteiger partial charge on any atom is -0.493 e. The van der Waals surface area contributed by atoms with Gasteiger partial charge in [-0.25, -0.2) is 9.69 Å². The van der Waals surface area contributed by atoms with Crippen LogP contribution in [0.5, 0.6) is 23.0 Å². The van der Waals surface area contributed by atoms with Gasteiger partial charge in [-0.05, 0) is 86.4 Å². The van der Waals surface area contributed by atoms with Gasteiger partial charge in [-0.3, -0.25) is 19.7 Å². The van der Waals surface area contributed by atoms with Crippen LogP contribution in [0, 0.1) is 13.8 Å². The Morgan fingerprint density at radius 2 is 1.61 bits per heavy atom. The number of nitrogens with one attached hydrogen (secondary N) is 2. The van der Waals surface area contributed by atoms with E-state index < -0.39 is 17.8 Å². The molecular formula is C33H35N3O8. The summed E-state index contributed by atoms with van der Waals surface area (Å²) in [5, 5.41) is 5.02. The summed E-state index contributed by atoms with van der Waals surface area (Å²) < 4.78 is 22.5. The average Bonchev–Trinajstić information content (AvgIpc) is 3.00.